The van der Waals surface area contributed by atoms with E-state index >= 15 is 0 Å². The largest absolute Gasteiger partial charge is 0.525 e. The zero-order valence-corrected chi connectivity index (χ0v) is 13.4. The number of hydrogen-bond acceptors (Lipinski definition) is 5. The van der Waals surface area contributed by atoms with Crippen molar-refractivity contribution in [2.45, 2.75) is 38.3 Å². The van der Waals surface area contributed by atoms with Crippen LogP contribution in [0.5, 0.6) is 0 Å². The average molecular weight is 334 g/mol. The van der Waals surface area contributed by atoms with Crippen LogP contribution in [0.25, 0.3) is 0 Å². The molecule has 1 aromatic carbocycles. The second-order valence-corrected chi connectivity index (χ2v) is 8.57. The Morgan fingerprint density at radius 3 is 2.52 bits per heavy atom. The summed E-state index contributed by atoms with van der Waals surface area (Å²) in [6.45, 7) is 6.05. The van der Waals surface area contributed by atoms with Crippen LogP contribution in [-0.2, 0) is 20.4 Å². The number of halogens is 1. The Bertz CT molecular complexity index is 680. The lowest BCUT2D eigenvalue weighted by Gasteiger charge is -2.33. The van der Waals surface area contributed by atoms with Crippen molar-refractivity contribution in [2.24, 2.45) is 5.41 Å². The molecular formula is C13H16ClNO5S. The van der Waals surface area contributed by atoms with Gasteiger partial charge in [-0.25, -0.2) is 13.2 Å². The van der Waals surface area contributed by atoms with E-state index < -0.39 is 15.2 Å². The van der Waals surface area contributed by atoms with Crippen molar-refractivity contribution in [1.29, 1.82) is 0 Å². The first-order valence-corrected chi connectivity index (χ1v) is 8.56. The highest BCUT2D eigenvalue weighted by atomic mass is 35.7. The van der Waals surface area contributed by atoms with Crippen LogP contribution in [0.2, 0.25) is 0 Å². The smallest absolute Gasteiger partial charge is 0.448 e. The molecule has 1 aliphatic heterocycles. The van der Waals surface area contributed by atoms with Gasteiger partial charge >= 0.3 is 6.16 Å². The summed E-state index contributed by atoms with van der Waals surface area (Å²) in [6.07, 6.45) is -1.40. The molecule has 0 aromatic heterocycles. The van der Waals surface area contributed by atoms with E-state index in [-0.39, 0.29) is 22.9 Å². The summed E-state index contributed by atoms with van der Waals surface area (Å²) >= 11 is 0. The molecule has 1 aromatic rings. The lowest BCUT2D eigenvalue weighted by molar-refractivity contribution is -0.169. The van der Waals surface area contributed by atoms with Crippen LogP contribution in [0.15, 0.2) is 23.1 Å². The van der Waals surface area contributed by atoms with Crippen LogP contribution in [0.3, 0.4) is 0 Å². The second kappa shape index (κ2) is 5.15. The van der Waals surface area contributed by atoms with Gasteiger partial charge in [0.05, 0.1) is 17.5 Å². The van der Waals surface area contributed by atoms with Gasteiger partial charge in [-0.15, -0.1) is 5.06 Å². The fraction of sp³-hybridized carbons (Fsp3) is 0.462. The highest BCUT2D eigenvalue weighted by Gasteiger charge is 2.41. The third kappa shape index (κ3) is 3.30. The van der Waals surface area contributed by atoms with E-state index in [4.69, 9.17) is 20.6 Å². The Labute approximate surface area is 127 Å². The molecule has 2 rings (SSSR count). The fourth-order valence-corrected chi connectivity index (χ4v) is 3.44. The number of carboxylic acid groups (broad SMARTS) is 1. The lowest BCUT2D eigenvalue weighted by atomic mass is 9.83. The van der Waals surface area contributed by atoms with Gasteiger partial charge in [0.25, 0.3) is 9.05 Å². The van der Waals surface area contributed by atoms with Gasteiger partial charge in [-0.3, -0.25) is 0 Å². The SMILES string of the molecule is CC(C)(C)C1c2ccc(S(=O)(=O)Cl)cc2CN1OC(=O)O. The molecule has 21 heavy (non-hydrogen) atoms. The van der Waals surface area contributed by atoms with Crippen molar-refractivity contribution in [3.63, 3.8) is 0 Å². The Kier molecular flexibility index (Phi) is 3.94. The van der Waals surface area contributed by atoms with Crippen molar-refractivity contribution in [3.8, 4) is 0 Å². The first kappa shape index (κ1) is 16.1. The quantitative estimate of drug-likeness (QED) is 0.837. The van der Waals surface area contributed by atoms with E-state index in [0.717, 1.165) is 5.56 Å². The second-order valence-electron chi connectivity index (χ2n) is 6.00. The van der Waals surface area contributed by atoms with Gasteiger partial charge in [0.1, 0.15) is 0 Å². The molecule has 0 amide bonds. The van der Waals surface area contributed by atoms with Crippen molar-refractivity contribution in [3.05, 3.63) is 29.3 Å². The molecule has 1 aliphatic rings. The van der Waals surface area contributed by atoms with Crippen LogP contribution >= 0.6 is 10.7 Å². The summed E-state index contributed by atoms with van der Waals surface area (Å²) < 4.78 is 22.8. The van der Waals surface area contributed by atoms with E-state index in [1.54, 1.807) is 6.07 Å². The van der Waals surface area contributed by atoms with Crippen LogP contribution in [0.4, 0.5) is 4.79 Å². The van der Waals surface area contributed by atoms with E-state index in [0.29, 0.717) is 5.56 Å². The molecule has 116 valence electrons. The Hall–Kier alpha value is -1.31. The first-order chi connectivity index (χ1) is 9.50. The maximum atomic E-state index is 11.4. The van der Waals surface area contributed by atoms with E-state index in [2.05, 4.69) is 0 Å². The predicted octanol–water partition coefficient (Wildman–Crippen LogP) is 3.13. The molecule has 1 N–H and O–H groups in total. The molecule has 0 saturated carbocycles. The van der Waals surface area contributed by atoms with Gasteiger partial charge in [-0.05, 0) is 28.7 Å². The number of benzene rings is 1. The average Bonchev–Trinajstić information content (AvgIpc) is 2.62. The minimum Gasteiger partial charge on any atom is -0.448 e. The summed E-state index contributed by atoms with van der Waals surface area (Å²) in [5.41, 5.74) is 1.24. The Morgan fingerprint density at radius 1 is 1.43 bits per heavy atom. The molecule has 0 fully saturated rings. The van der Waals surface area contributed by atoms with Crippen molar-refractivity contribution in [2.75, 3.05) is 0 Å². The lowest BCUT2D eigenvalue weighted by Crippen LogP contribution is -2.33. The van der Waals surface area contributed by atoms with Gasteiger partial charge < -0.3 is 9.94 Å². The number of rotatable bonds is 2. The third-order valence-electron chi connectivity index (χ3n) is 3.32. The molecule has 1 heterocycles. The van der Waals surface area contributed by atoms with Gasteiger partial charge in [0.15, 0.2) is 0 Å². The zero-order valence-electron chi connectivity index (χ0n) is 11.8. The highest BCUT2D eigenvalue weighted by molar-refractivity contribution is 8.13. The minimum atomic E-state index is -3.82. The fourth-order valence-electron chi connectivity index (χ4n) is 2.64. The van der Waals surface area contributed by atoms with Crippen molar-refractivity contribution in [1.82, 2.24) is 5.06 Å². The van der Waals surface area contributed by atoms with Crippen LogP contribution in [0, 0.1) is 5.41 Å². The van der Waals surface area contributed by atoms with E-state index in [1.165, 1.54) is 17.2 Å². The minimum absolute atomic E-state index is 0.00671. The predicted molar refractivity (Wildman–Crippen MR) is 76.3 cm³/mol. The summed E-state index contributed by atoms with van der Waals surface area (Å²) in [7, 11) is 1.52. The summed E-state index contributed by atoms with van der Waals surface area (Å²) in [5.74, 6) is 0. The van der Waals surface area contributed by atoms with Crippen LogP contribution in [-0.4, -0.2) is 24.7 Å². The number of hydrogen-bond donors (Lipinski definition) is 1. The number of hydroxylamine groups is 2. The maximum absolute atomic E-state index is 11.4. The van der Waals surface area contributed by atoms with Gasteiger partial charge in [0, 0.05) is 10.7 Å². The van der Waals surface area contributed by atoms with Crippen LogP contribution in [0.1, 0.15) is 37.9 Å². The number of carbonyl (C=O) groups is 1. The Morgan fingerprint density at radius 2 is 2.05 bits per heavy atom. The normalized spacial score (nSPS) is 19.3. The molecule has 0 spiro atoms. The highest BCUT2D eigenvalue weighted by Crippen LogP contribution is 2.45. The zero-order chi connectivity index (χ0) is 16.0. The molecule has 0 saturated heterocycles. The monoisotopic (exact) mass is 333 g/mol. The topological polar surface area (TPSA) is 83.9 Å². The summed E-state index contributed by atoms with van der Waals surface area (Å²) in [6, 6.07) is 4.24. The summed E-state index contributed by atoms with van der Waals surface area (Å²) in [4.78, 5) is 15.6. The molecule has 1 atom stereocenters. The molecule has 1 unspecified atom stereocenters. The molecular weight excluding hydrogens is 318 g/mol. The van der Waals surface area contributed by atoms with E-state index in [9.17, 15) is 13.2 Å². The van der Waals surface area contributed by atoms with E-state index in [1.807, 2.05) is 20.8 Å². The van der Waals surface area contributed by atoms with Gasteiger partial charge in [-0.2, -0.15) is 0 Å². The number of nitrogens with zero attached hydrogens (tertiary/aromatic N) is 1. The van der Waals surface area contributed by atoms with Crippen molar-refractivity contribution >= 4 is 25.9 Å². The van der Waals surface area contributed by atoms with Crippen molar-refractivity contribution < 1.29 is 23.2 Å². The first-order valence-electron chi connectivity index (χ1n) is 6.25. The van der Waals surface area contributed by atoms with Crippen LogP contribution < -0.4 is 0 Å². The maximum Gasteiger partial charge on any atom is 0.525 e. The summed E-state index contributed by atoms with van der Waals surface area (Å²) in [5, 5.41) is 10.2. The standard InChI is InChI=1S/C13H16ClNO5S/c1-13(2,3)11-10-5-4-9(21(14,18)19)6-8(10)7-15(11)20-12(16)17/h4-6,11H,7H2,1-3H3,(H,16,17). The van der Waals surface area contributed by atoms with Gasteiger partial charge in [0.2, 0.25) is 0 Å². The molecule has 6 nitrogen and oxygen atoms in total. The third-order valence-corrected chi connectivity index (χ3v) is 4.67. The molecule has 0 bridgehead atoms. The number of fused-ring (bicyclic) bond motifs is 1. The molecule has 0 aliphatic carbocycles. The molecule has 8 heteroatoms. The molecule has 0 radical (unpaired) electrons. The Balaban J connectivity index is 2.49. The van der Waals surface area contributed by atoms with Gasteiger partial charge in [-0.1, -0.05) is 26.8 Å².